The minimum atomic E-state index is 0.176. The number of hydrogen-bond acceptors (Lipinski definition) is 3. The van der Waals surface area contributed by atoms with Crippen molar-refractivity contribution in [1.82, 2.24) is 0 Å². The molecule has 0 amide bonds. The van der Waals surface area contributed by atoms with Gasteiger partial charge < -0.3 is 9.64 Å². The second kappa shape index (κ2) is 6.93. The van der Waals surface area contributed by atoms with Gasteiger partial charge in [-0.05, 0) is 31.2 Å². The number of hydrogen-bond donors (Lipinski definition) is 0. The lowest BCUT2D eigenvalue weighted by atomic mass is 10.1. The van der Waals surface area contributed by atoms with Crippen LogP contribution in [0.25, 0.3) is 0 Å². The molecule has 0 aliphatic rings. The monoisotopic (exact) mass is 283 g/mol. The summed E-state index contributed by atoms with van der Waals surface area (Å²) in [5, 5.41) is 0. The molecule has 0 saturated heterocycles. The standard InChI is InChI=1S/C18H21NO2/c1-14-4-6-15(7-5-14)18(20)12-13-19(2)16-8-10-17(21-3)11-9-16/h4-11H,12-13H2,1-3H3. The lowest BCUT2D eigenvalue weighted by molar-refractivity contribution is 0.0985. The summed E-state index contributed by atoms with van der Waals surface area (Å²) in [5.74, 6) is 1.01. The van der Waals surface area contributed by atoms with Gasteiger partial charge in [-0.1, -0.05) is 29.8 Å². The van der Waals surface area contributed by atoms with Gasteiger partial charge in [0.15, 0.2) is 5.78 Å². The first-order chi connectivity index (χ1) is 10.1. The van der Waals surface area contributed by atoms with E-state index in [4.69, 9.17) is 4.74 Å². The van der Waals surface area contributed by atoms with Gasteiger partial charge in [0.2, 0.25) is 0 Å². The predicted molar refractivity (Wildman–Crippen MR) is 86.4 cm³/mol. The van der Waals surface area contributed by atoms with Crippen molar-refractivity contribution in [3.8, 4) is 5.75 Å². The molecule has 0 saturated carbocycles. The third-order valence-electron chi connectivity index (χ3n) is 3.56. The number of ether oxygens (including phenoxy) is 1. The summed E-state index contributed by atoms with van der Waals surface area (Å²) in [6.45, 7) is 2.71. The van der Waals surface area contributed by atoms with Crippen LogP contribution in [0.5, 0.6) is 5.75 Å². The molecule has 0 aromatic heterocycles. The molecular weight excluding hydrogens is 262 g/mol. The van der Waals surface area contributed by atoms with Gasteiger partial charge in [-0.25, -0.2) is 0 Å². The molecule has 2 rings (SSSR count). The third-order valence-corrected chi connectivity index (χ3v) is 3.56. The van der Waals surface area contributed by atoms with E-state index >= 15 is 0 Å². The van der Waals surface area contributed by atoms with E-state index in [0.717, 1.165) is 17.0 Å². The first kappa shape index (κ1) is 15.1. The Morgan fingerprint density at radius 2 is 1.67 bits per heavy atom. The molecule has 0 heterocycles. The van der Waals surface area contributed by atoms with Crippen LogP contribution in [-0.4, -0.2) is 26.5 Å². The van der Waals surface area contributed by atoms with Crippen LogP contribution in [0.1, 0.15) is 22.3 Å². The predicted octanol–water partition coefficient (Wildman–Crippen LogP) is 3.71. The number of Topliss-reactive ketones (excluding diaryl/α,β-unsaturated/α-hetero) is 1. The molecule has 3 heteroatoms. The van der Waals surface area contributed by atoms with Crippen LogP contribution in [-0.2, 0) is 0 Å². The quantitative estimate of drug-likeness (QED) is 0.757. The summed E-state index contributed by atoms with van der Waals surface area (Å²) in [6, 6.07) is 15.6. The normalized spacial score (nSPS) is 10.2. The van der Waals surface area contributed by atoms with Gasteiger partial charge in [0.05, 0.1) is 7.11 Å². The summed E-state index contributed by atoms with van der Waals surface area (Å²) >= 11 is 0. The van der Waals surface area contributed by atoms with E-state index in [2.05, 4.69) is 4.90 Å². The van der Waals surface area contributed by atoms with E-state index in [0.29, 0.717) is 13.0 Å². The smallest absolute Gasteiger partial charge is 0.164 e. The molecule has 0 fully saturated rings. The fourth-order valence-electron chi connectivity index (χ4n) is 2.12. The molecule has 21 heavy (non-hydrogen) atoms. The van der Waals surface area contributed by atoms with E-state index in [1.165, 1.54) is 5.56 Å². The number of anilines is 1. The minimum absolute atomic E-state index is 0.176. The number of ketones is 1. The summed E-state index contributed by atoms with van der Waals surface area (Å²) in [7, 11) is 3.64. The Hall–Kier alpha value is -2.29. The van der Waals surface area contributed by atoms with Crippen molar-refractivity contribution < 1.29 is 9.53 Å². The summed E-state index contributed by atoms with van der Waals surface area (Å²) in [4.78, 5) is 14.2. The number of methoxy groups -OCH3 is 1. The molecule has 2 aromatic rings. The van der Waals surface area contributed by atoms with Crippen LogP contribution >= 0.6 is 0 Å². The second-order valence-electron chi connectivity index (χ2n) is 5.16. The van der Waals surface area contributed by atoms with E-state index in [1.807, 2.05) is 62.5 Å². The molecule has 0 aliphatic heterocycles. The topological polar surface area (TPSA) is 29.5 Å². The highest BCUT2D eigenvalue weighted by atomic mass is 16.5. The highest BCUT2D eigenvalue weighted by molar-refractivity contribution is 5.96. The Morgan fingerprint density at radius 3 is 2.24 bits per heavy atom. The summed E-state index contributed by atoms with van der Waals surface area (Å²) in [6.07, 6.45) is 0.506. The van der Waals surface area contributed by atoms with Crippen LogP contribution in [0.3, 0.4) is 0 Å². The van der Waals surface area contributed by atoms with Crippen molar-refractivity contribution in [3.05, 3.63) is 59.7 Å². The number of carbonyl (C=O) groups is 1. The van der Waals surface area contributed by atoms with Gasteiger partial charge in [-0.3, -0.25) is 4.79 Å². The SMILES string of the molecule is COc1ccc(N(C)CCC(=O)c2ccc(C)cc2)cc1. The number of carbonyl (C=O) groups excluding carboxylic acids is 1. The lowest BCUT2D eigenvalue weighted by Gasteiger charge is -2.19. The highest BCUT2D eigenvalue weighted by Gasteiger charge is 2.08. The van der Waals surface area contributed by atoms with Crippen LogP contribution in [0.4, 0.5) is 5.69 Å². The van der Waals surface area contributed by atoms with E-state index in [-0.39, 0.29) is 5.78 Å². The Balaban J connectivity index is 1.92. The molecule has 3 nitrogen and oxygen atoms in total. The lowest BCUT2D eigenvalue weighted by Crippen LogP contribution is -2.21. The zero-order valence-electron chi connectivity index (χ0n) is 12.8. The first-order valence-electron chi connectivity index (χ1n) is 7.05. The average molecular weight is 283 g/mol. The van der Waals surface area contributed by atoms with Crippen molar-refractivity contribution >= 4 is 11.5 Å². The Bertz CT molecular complexity index is 588. The van der Waals surface area contributed by atoms with Gasteiger partial charge in [-0.2, -0.15) is 0 Å². The van der Waals surface area contributed by atoms with Crippen LogP contribution < -0.4 is 9.64 Å². The van der Waals surface area contributed by atoms with Crippen LogP contribution in [0.2, 0.25) is 0 Å². The van der Waals surface area contributed by atoms with E-state index in [1.54, 1.807) is 7.11 Å². The molecule has 0 unspecified atom stereocenters. The zero-order chi connectivity index (χ0) is 15.2. The maximum Gasteiger partial charge on any atom is 0.164 e. The number of aryl methyl sites for hydroxylation is 1. The summed E-state index contributed by atoms with van der Waals surface area (Å²) in [5.41, 5.74) is 3.03. The Labute approximate surface area is 126 Å². The molecule has 0 aliphatic carbocycles. The second-order valence-corrected chi connectivity index (χ2v) is 5.16. The van der Waals surface area contributed by atoms with Gasteiger partial charge in [0.1, 0.15) is 5.75 Å². The van der Waals surface area contributed by atoms with E-state index in [9.17, 15) is 4.79 Å². The maximum absolute atomic E-state index is 12.1. The number of nitrogens with zero attached hydrogens (tertiary/aromatic N) is 1. The average Bonchev–Trinajstić information content (AvgIpc) is 2.53. The molecule has 110 valence electrons. The fraction of sp³-hybridized carbons (Fsp3) is 0.278. The van der Waals surface area contributed by atoms with Crippen LogP contribution in [0.15, 0.2) is 48.5 Å². The van der Waals surface area contributed by atoms with Crippen molar-refractivity contribution in [2.75, 3.05) is 25.6 Å². The van der Waals surface area contributed by atoms with Gasteiger partial charge in [-0.15, -0.1) is 0 Å². The number of benzene rings is 2. The van der Waals surface area contributed by atoms with Crippen molar-refractivity contribution in [2.24, 2.45) is 0 Å². The third kappa shape index (κ3) is 4.09. The van der Waals surface area contributed by atoms with Gasteiger partial charge in [0, 0.05) is 31.3 Å². The zero-order valence-corrected chi connectivity index (χ0v) is 12.8. The molecule has 0 bridgehead atoms. The van der Waals surface area contributed by atoms with Crippen molar-refractivity contribution in [2.45, 2.75) is 13.3 Å². The Kier molecular flexibility index (Phi) is 4.99. The molecule has 0 spiro atoms. The summed E-state index contributed by atoms with van der Waals surface area (Å²) < 4.78 is 5.14. The van der Waals surface area contributed by atoms with Gasteiger partial charge >= 0.3 is 0 Å². The largest absolute Gasteiger partial charge is 0.497 e. The number of rotatable bonds is 6. The molecule has 0 radical (unpaired) electrons. The molecule has 2 aromatic carbocycles. The highest BCUT2D eigenvalue weighted by Crippen LogP contribution is 2.18. The molecule has 0 atom stereocenters. The minimum Gasteiger partial charge on any atom is -0.497 e. The van der Waals surface area contributed by atoms with Crippen molar-refractivity contribution in [3.63, 3.8) is 0 Å². The van der Waals surface area contributed by atoms with E-state index < -0.39 is 0 Å². The Morgan fingerprint density at radius 1 is 1.05 bits per heavy atom. The van der Waals surface area contributed by atoms with Gasteiger partial charge in [0.25, 0.3) is 0 Å². The fourth-order valence-corrected chi connectivity index (χ4v) is 2.12. The molecular formula is C18H21NO2. The molecule has 0 N–H and O–H groups in total. The van der Waals surface area contributed by atoms with Crippen LogP contribution in [0, 0.1) is 6.92 Å². The first-order valence-corrected chi connectivity index (χ1v) is 7.05. The maximum atomic E-state index is 12.1. The van der Waals surface area contributed by atoms with Crippen molar-refractivity contribution in [1.29, 1.82) is 0 Å².